The van der Waals surface area contributed by atoms with E-state index in [2.05, 4.69) is 18.9 Å². The molecular weight excluding hydrogens is 216 g/mol. The summed E-state index contributed by atoms with van der Waals surface area (Å²) in [5, 5.41) is 14.4. The molecule has 0 saturated carbocycles. The minimum atomic E-state index is -0.428. The zero-order chi connectivity index (χ0) is 12.9. The highest BCUT2D eigenvalue weighted by Gasteiger charge is 2.34. The standard InChI is InChI=1S/C13H24N2O2/c1-5-13(6-2,17-4)12(16)8-7-11-9-14-15(3)10-11/h9-10,12,16H,5-8H2,1-4H3. The van der Waals surface area contributed by atoms with Crippen LogP contribution in [-0.4, -0.2) is 33.7 Å². The van der Waals surface area contributed by atoms with Crippen LogP contribution in [0.3, 0.4) is 0 Å². The van der Waals surface area contributed by atoms with Gasteiger partial charge in [0.05, 0.1) is 17.9 Å². The summed E-state index contributed by atoms with van der Waals surface area (Å²) in [5.74, 6) is 0. The second-order valence-corrected chi connectivity index (χ2v) is 4.55. The summed E-state index contributed by atoms with van der Waals surface area (Å²) >= 11 is 0. The zero-order valence-corrected chi connectivity index (χ0v) is 11.3. The Labute approximate surface area is 104 Å². The SMILES string of the molecule is CCC(CC)(OC)C(O)CCc1cnn(C)c1. The first-order chi connectivity index (χ1) is 8.07. The molecule has 0 bridgehead atoms. The van der Waals surface area contributed by atoms with Crippen molar-refractivity contribution in [2.45, 2.75) is 51.2 Å². The Morgan fingerprint density at radius 2 is 2.12 bits per heavy atom. The molecule has 0 saturated heterocycles. The van der Waals surface area contributed by atoms with Gasteiger partial charge in [-0.3, -0.25) is 4.68 Å². The molecule has 0 aromatic carbocycles. The monoisotopic (exact) mass is 240 g/mol. The number of methoxy groups -OCH3 is 1. The average molecular weight is 240 g/mol. The highest BCUT2D eigenvalue weighted by atomic mass is 16.5. The Hall–Kier alpha value is -0.870. The summed E-state index contributed by atoms with van der Waals surface area (Å²) in [6, 6.07) is 0. The van der Waals surface area contributed by atoms with Crippen molar-refractivity contribution < 1.29 is 9.84 Å². The lowest BCUT2D eigenvalue weighted by Gasteiger charge is -2.35. The number of hydrogen-bond donors (Lipinski definition) is 1. The maximum Gasteiger partial charge on any atom is 0.0931 e. The molecule has 4 nitrogen and oxygen atoms in total. The summed E-state index contributed by atoms with van der Waals surface area (Å²) in [6.45, 7) is 4.11. The smallest absolute Gasteiger partial charge is 0.0931 e. The van der Waals surface area contributed by atoms with Gasteiger partial charge in [-0.25, -0.2) is 0 Å². The summed E-state index contributed by atoms with van der Waals surface area (Å²) in [5.41, 5.74) is 0.756. The second-order valence-electron chi connectivity index (χ2n) is 4.55. The molecule has 1 rings (SSSR count). The van der Waals surface area contributed by atoms with E-state index in [1.807, 2.05) is 19.4 Å². The molecule has 0 amide bonds. The van der Waals surface area contributed by atoms with Crippen LogP contribution in [0, 0.1) is 0 Å². The fraction of sp³-hybridized carbons (Fsp3) is 0.769. The first kappa shape index (κ1) is 14.2. The van der Waals surface area contributed by atoms with E-state index in [-0.39, 0.29) is 0 Å². The molecule has 1 aromatic rings. The molecule has 4 heteroatoms. The number of aliphatic hydroxyl groups excluding tert-OH is 1. The molecule has 1 N–H and O–H groups in total. The fourth-order valence-electron chi connectivity index (χ4n) is 2.31. The molecule has 0 aliphatic rings. The highest BCUT2D eigenvalue weighted by Crippen LogP contribution is 2.26. The van der Waals surface area contributed by atoms with Crippen molar-refractivity contribution in [3.05, 3.63) is 18.0 Å². The highest BCUT2D eigenvalue weighted by molar-refractivity contribution is 5.04. The Morgan fingerprint density at radius 3 is 2.53 bits per heavy atom. The number of nitrogens with zero attached hydrogens (tertiary/aromatic N) is 2. The maximum atomic E-state index is 10.3. The molecular formula is C13H24N2O2. The van der Waals surface area contributed by atoms with E-state index in [1.54, 1.807) is 11.8 Å². The van der Waals surface area contributed by atoms with Crippen molar-refractivity contribution in [3.63, 3.8) is 0 Å². The summed E-state index contributed by atoms with van der Waals surface area (Å²) in [7, 11) is 3.58. The van der Waals surface area contributed by atoms with Crippen molar-refractivity contribution in [2.75, 3.05) is 7.11 Å². The Balaban J connectivity index is 2.55. The van der Waals surface area contributed by atoms with E-state index in [9.17, 15) is 5.11 Å². The lowest BCUT2D eigenvalue weighted by Crippen LogP contribution is -2.43. The number of ether oxygens (including phenoxy) is 1. The van der Waals surface area contributed by atoms with E-state index in [1.165, 1.54) is 0 Å². The summed E-state index contributed by atoms with van der Waals surface area (Å²) in [4.78, 5) is 0. The lowest BCUT2D eigenvalue weighted by molar-refractivity contribution is -0.109. The van der Waals surface area contributed by atoms with Crippen LogP contribution in [0.2, 0.25) is 0 Å². The molecule has 0 radical (unpaired) electrons. The van der Waals surface area contributed by atoms with Gasteiger partial charge in [0, 0.05) is 20.4 Å². The van der Waals surface area contributed by atoms with Crippen LogP contribution >= 0.6 is 0 Å². The quantitative estimate of drug-likeness (QED) is 0.792. The van der Waals surface area contributed by atoms with Gasteiger partial charge in [-0.2, -0.15) is 5.10 Å². The van der Waals surface area contributed by atoms with E-state index in [4.69, 9.17) is 4.74 Å². The predicted octanol–water partition coefficient (Wildman–Crippen LogP) is 1.92. The van der Waals surface area contributed by atoms with Crippen LogP contribution in [0.4, 0.5) is 0 Å². The fourth-order valence-corrected chi connectivity index (χ4v) is 2.31. The van der Waals surface area contributed by atoms with E-state index >= 15 is 0 Å². The zero-order valence-electron chi connectivity index (χ0n) is 11.3. The topological polar surface area (TPSA) is 47.3 Å². The van der Waals surface area contributed by atoms with Crippen LogP contribution < -0.4 is 0 Å². The van der Waals surface area contributed by atoms with E-state index in [0.29, 0.717) is 6.42 Å². The third-order valence-corrected chi connectivity index (χ3v) is 3.68. The van der Waals surface area contributed by atoms with Crippen LogP contribution in [0.5, 0.6) is 0 Å². The molecule has 0 aliphatic heterocycles. The first-order valence-corrected chi connectivity index (χ1v) is 6.28. The van der Waals surface area contributed by atoms with Gasteiger partial charge in [-0.15, -0.1) is 0 Å². The van der Waals surface area contributed by atoms with Crippen LogP contribution in [0.1, 0.15) is 38.7 Å². The van der Waals surface area contributed by atoms with Crippen LogP contribution in [0.15, 0.2) is 12.4 Å². The van der Waals surface area contributed by atoms with Crippen LogP contribution in [-0.2, 0) is 18.2 Å². The van der Waals surface area contributed by atoms with E-state index in [0.717, 1.165) is 24.8 Å². The van der Waals surface area contributed by atoms with Crippen molar-refractivity contribution in [3.8, 4) is 0 Å². The van der Waals surface area contributed by atoms with Gasteiger partial charge in [0.15, 0.2) is 0 Å². The number of aryl methyl sites for hydroxylation is 2. The number of aromatic nitrogens is 2. The van der Waals surface area contributed by atoms with Crippen molar-refractivity contribution in [2.24, 2.45) is 7.05 Å². The third kappa shape index (κ3) is 3.30. The molecule has 0 aliphatic carbocycles. The van der Waals surface area contributed by atoms with Gasteiger partial charge in [0.1, 0.15) is 0 Å². The lowest BCUT2D eigenvalue weighted by atomic mass is 9.87. The second kappa shape index (κ2) is 6.17. The molecule has 1 atom stereocenters. The maximum absolute atomic E-state index is 10.3. The molecule has 1 heterocycles. The van der Waals surface area contributed by atoms with Gasteiger partial charge in [-0.05, 0) is 31.2 Å². The largest absolute Gasteiger partial charge is 0.390 e. The minimum Gasteiger partial charge on any atom is -0.390 e. The normalized spacial score (nSPS) is 13.9. The molecule has 98 valence electrons. The number of rotatable bonds is 7. The van der Waals surface area contributed by atoms with Crippen molar-refractivity contribution in [1.29, 1.82) is 0 Å². The van der Waals surface area contributed by atoms with Crippen LogP contribution in [0.25, 0.3) is 0 Å². The Bertz CT molecular complexity index is 324. The van der Waals surface area contributed by atoms with Gasteiger partial charge < -0.3 is 9.84 Å². The minimum absolute atomic E-state index is 0.401. The predicted molar refractivity (Wildman–Crippen MR) is 67.9 cm³/mol. The molecule has 1 aromatic heterocycles. The molecule has 0 spiro atoms. The Kier molecular flexibility index (Phi) is 5.15. The number of hydrogen-bond acceptors (Lipinski definition) is 3. The van der Waals surface area contributed by atoms with Gasteiger partial charge >= 0.3 is 0 Å². The molecule has 1 unspecified atom stereocenters. The third-order valence-electron chi connectivity index (χ3n) is 3.68. The summed E-state index contributed by atoms with van der Waals surface area (Å²) < 4.78 is 7.30. The van der Waals surface area contributed by atoms with Crippen molar-refractivity contribution in [1.82, 2.24) is 9.78 Å². The van der Waals surface area contributed by atoms with Gasteiger partial charge in [0.25, 0.3) is 0 Å². The molecule has 0 fully saturated rings. The van der Waals surface area contributed by atoms with Gasteiger partial charge in [-0.1, -0.05) is 13.8 Å². The molecule has 17 heavy (non-hydrogen) atoms. The van der Waals surface area contributed by atoms with Crippen molar-refractivity contribution >= 4 is 0 Å². The average Bonchev–Trinajstić information content (AvgIpc) is 2.75. The van der Waals surface area contributed by atoms with E-state index < -0.39 is 11.7 Å². The first-order valence-electron chi connectivity index (χ1n) is 6.28. The number of aliphatic hydroxyl groups is 1. The Morgan fingerprint density at radius 1 is 1.47 bits per heavy atom. The summed E-state index contributed by atoms with van der Waals surface area (Å²) in [6.07, 6.45) is 6.60. The van der Waals surface area contributed by atoms with Gasteiger partial charge in [0.2, 0.25) is 0 Å².